The normalized spacial score (nSPS) is 27.0. The number of rotatable bonds is 7. The smallest absolute Gasteiger partial charge is 0.306 e. The third-order valence-corrected chi connectivity index (χ3v) is 3.53. The molecule has 1 saturated carbocycles. The van der Waals surface area contributed by atoms with Crippen molar-refractivity contribution in [1.29, 1.82) is 0 Å². The van der Waals surface area contributed by atoms with E-state index in [1.54, 1.807) is 6.92 Å². The van der Waals surface area contributed by atoms with Gasteiger partial charge in [-0.25, -0.2) is 0 Å². The lowest BCUT2D eigenvalue weighted by Gasteiger charge is -2.31. The van der Waals surface area contributed by atoms with Crippen LogP contribution in [0.25, 0.3) is 0 Å². The van der Waals surface area contributed by atoms with Crippen molar-refractivity contribution in [3.63, 3.8) is 0 Å². The highest BCUT2D eigenvalue weighted by atomic mass is 16.5. The van der Waals surface area contributed by atoms with Gasteiger partial charge in [0.25, 0.3) is 0 Å². The maximum Gasteiger partial charge on any atom is 0.306 e. The first kappa shape index (κ1) is 16.2. The average Bonchev–Trinajstić information content (AvgIpc) is 2.33. The predicted molar refractivity (Wildman–Crippen MR) is 72.8 cm³/mol. The molecule has 1 aliphatic rings. The molecule has 4 nitrogen and oxygen atoms in total. The molecule has 0 saturated heterocycles. The second-order valence-electron chi connectivity index (χ2n) is 5.69. The fourth-order valence-corrected chi connectivity index (χ4v) is 2.77. The average molecular weight is 270 g/mol. The molecule has 0 aliphatic heterocycles. The zero-order valence-electron chi connectivity index (χ0n) is 12.3. The molecule has 0 amide bonds. The van der Waals surface area contributed by atoms with Crippen LogP contribution >= 0.6 is 0 Å². The van der Waals surface area contributed by atoms with Gasteiger partial charge in [0.05, 0.1) is 19.1 Å². The Balaban J connectivity index is 2.17. The monoisotopic (exact) mass is 270 g/mol. The molecule has 110 valence electrons. The van der Waals surface area contributed by atoms with Crippen molar-refractivity contribution in [3.05, 3.63) is 0 Å². The van der Waals surface area contributed by atoms with Gasteiger partial charge in [-0.05, 0) is 38.0 Å². The molecular weight excluding hydrogens is 244 g/mol. The number of ether oxygens (including phenoxy) is 2. The van der Waals surface area contributed by atoms with Crippen molar-refractivity contribution in [2.75, 3.05) is 13.2 Å². The summed E-state index contributed by atoms with van der Waals surface area (Å²) < 4.78 is 10.5. The maximum atomic E-state index is 11.6. The summed E-state index contributed by atoms with van der Waals surface area (Å²) in [6.07, 6.45) is 3.90. The Bertz CT molecular complexity index is 291. The number of hydrogen-bond donors (Lipinski definition) is 0. The predicted octanol–water partition coefficient (Wildman–Crippen LogP) is 2.74. The summed E-state index contributed by atoms with van der Waals surface area (Å²) in [4.78, 5) is 22.7. The van der Waals surface area contributed by atoms with Crippen LogP contribution in [0, 0.1) is 11.8 Å². The lowest BCUT2D eigenvalue weighted by atomic mass is 9.82. The van der Waals surface area contributed by atoms with Crippen LogP contribution in [0.3, 0.4) is 0 Å². The standard InChI is InChI=1S/C15H26O4/c1-4-18-15(17)6-5-13(16)10-19-14-8-11(2)7-12(3)9-14/h11-12,14H,4-10H2,1-3H3. The van der Waals surface area contributed by atoms with E-state index < -0.39 is 0 Å². The third kappa shape index (κ3) is 6.71. The molecule has 19 heavy (non-hydrogen) atoms. The second kappa shape index (κ2) is 8.31. The lowest BCUT2D eigenvalue weighted by molar-refractivity contribution is -0.144. The summed E-state index contributed by atoms with van der Waals surface area (Å²) in [5.74, 6) is 1.02. The van der Waals surface area contributed by atoms with Gasteiger partial charge in [0, 0.05) is 6.42 Å². The van der Waals surface area contributed by atoms with Crippen molar-refractivity contribution >= 4 is 11.8 Å². The summed E-state index contributed by atoms with van der Waals surface area (Å²) in [6.45, 7) is 6.71. The highest BCUT2D eigenvalue weighted by Gasteiger charge is 2.24. The quantitative estimate of drug-likeness (QED) is 0.667. The number of Topliss-reactive ketones (excluding diaryl/α,β-unsaturated/α-hetero) is 1. The fraction of sp³-hybridized carbons (Fsp3) is 0.867. The van der Waals surface area contributed by atoms with Gasteiger partial charge < -0.3 is 9.47 Å². The Morgan fingerprint density at radius 2 is 1.68 bits per heavy atom. The van der Waals surface area contributed by atoms with Crippen LogP contribution < -0.4 is 0 Å². The van der Waals surface area contributed by atoms with Gasteiger partial charge in [-0.3, -0.25) is 9.59 Å². The summed E-state index contributed by atoms with van der Waals surface area (Å²) in [5, 5.41) is 0. The van der Waals surface area contributed by atoms with E-state index >= 15 is 0 Å². The summed E-state index contributed by atoms with van der Waals surface area (Å²) >= 11 is 0. The molecule has 0 radical (unpaired) electrons. The number of carbonyl (C=O) groups is 2. The lowest BCUT2D eigenvalue weighted by Crippen LogP contribution is -2.28. The van der Waals surface area contributed by atoms with E-state index in [1.165, 1.54) is 6.42 Å². The van der Waals surface area contributed by atoms with E-state index in [2.05, 4.69) is 13.8 Å². The van der Waals surface area contributed by atoms with Gasteiger partial charge >= 0.3 is 5.97 Å². The summed E-state index contributed by atoms with van der Waals surface area (Å²) in [7, 11) is 0. The maximum absolute atomic E-state index is 11.6. The van der Waals surface area contributed by atoms with Gasteiger partial charge in [0.2, 0.25) is 0 Å². The van der Waals surface area contributed by atoms with Crippen LogP contribution in [0.5, 0.6) is 0 Å². The molecule has 2 atom stereocenters. The van der Waals surface area contributed by atoms with E-state index in [0.29, 0.717) is 18.4 Å². The minimum atomic E-state index is -0.309. The van der Waals surface area contributed by atoms with E-state index in [4.69, 9.17) is 9.47 Å². The van der Waals surface area contributed by atoms with Crippen molar-refractivity contribution in [2.24, 2.45) is 11.8 Å². The number of carbonyl (C=O) groups excluding carboxylic acids is 2. The molecule has 0 N–H and O–H groups in total. The summed E-state index contributed by atoms with van der Waals surface area (Å²) in [6, 6.07) is 0. The van der Waals surface area contributed by atoms with Crippen LogP contribution in [0.15, 0.2) is 0 Å². The second-order valence-corrected chi connectivity index (χ2v) is 5.69. The first-order chi connectivity index (χ1) is 9.01. The zero-order chi connectivity index (χ0) is 14.3. The highest BCUT2D eigenvalue weighted by molar-refractivity contribution is 5.83. The molecule has 0 bridgehead atoms. The largest absolute Gasteiger partial charge is 0.466 e. The molecule has 0 aromatic heterocycles. The fourth-order valence-electron chi connectivity index (χ4n) is 2.77. The highest BCUT2D eigenvalue weighted by Crippen LogP contribution is 2.30. The van der Waals surface area contributed by atoms with Gasteiger partial charge in [0.15, 0.2) is 5.78 Å². The van der Waals surface area contributed by atoms with E-state index in [0.717, 1.165) is 12.8 Å². The molecule has 0 aromatic carbocycles. The first-order valence-corrected chi connectivity index (χ1v) is 7.30. The molecule has 0 aromatic rings. The Kier molecular flexibility index (Phi) is 7.06. The molecule has 4 heteroatoms. The van der Waals surface area contributed by atoms with Gasteiger partial charge in [-0.1, -0.05) is 13.8 Å². The van der Waals surface area contributed by atoms with E-state index in [-0.39, 0.29) is 37.3 Å². The minimum absolute atomic E-state index is 0.0149. The molecule has 0 heterocycles. The zero-order valence-corrected chi connectivity index (χ0v) is 12.3. The van der Waals surface area contributed by atoms with Crippen molar-refractivity contribution < 1.29 is 19.1 Å². The van der Waals surface area contributed by atoms with Crippen LogP contribution in [-0.4, -0.2) is 31.1 Å². The van der Waals surface area contributed by atoms with Gasteiger partial charge in [-0.2, -0.15) is 0 Å². The van der Waals surface area contributed by atoms with Crippen LogP contribution in [-0.2, 0) is 19.1 Å². The topological polar surface area (TPSA) is 52.6 Å². The van der Waals surface area contributed by atoms with Crippen LogP contribution in [0.2, 0.25) is 0 Å². The van der Waals surface area contributed by atoms with Crippen LogP contribution in [0.4, 0.5) is 0 Å². The number of ketones is 1. The Hall–Kier alpha value is -0.900. The molecule has 2 unspecified atom stereocenters. The molecule has 1 fully saturated rings. The Morgan fingerprint density at radius 1 is 1.05 bits per heavy atom. The molecule has 1 aliphatic carbocycles. The molecule has 0 spiro atoms. The van der Waals surface area contributed by atoms with Crippen molar-refractivity contribution in [2.45, 2.75) is 59.0 Å². The first-order valence-electron chi connectivity index (χ1n) is 7.30. The molecular formula is C15H26O4. The van der Waals surface area contributed by atoms with Gasteiger partial charge in [-0.15, -0.1) is 0 Å². The third-order valence-electron chi connectivity index (χ3n) is 3.53. The number of hydrogen-bond acceptors (Lipinski definition) is 4. The SMILES string of the molecule is CCOC(=O)CCC(=O)COC1CC(C)CC(C)C1. The molecule has 1 rings (SSSR count). The van der Waals surface area contributed by atoms with Gasteiger partial charge in [0.1, 0.15) is 6.61 Å². The van der Waals surface area contributed by atoms with E-state index in [1.807, 2.05) is 0 Å². The van der Waals surface area contributed by atoms with E-state index in [9.17, 15) is 9.59 Å². The Morgan fingerprint density at radius 3 is 2.26 bits per heavy atom. The summed E-state index contributed by atoms with van der Waals surface area (Å²) in [5.41, 5.74) is 0. The van der Waals surface area contributed by atoms with Crippen molar-refractivity contribution in [1.82, 2.24) is 0 Å². The van der Waals surface area contributed by atoms with Crippen molar-refractivity contribution in [3.8, 4) is 0 Å². The minimum Gasteiger partial charge on any atom is -0.466 e. The number of esters is 1. The Labute approximate surface area is 115 Å². The van der Waals surface area contributed by atoms with Crippen LogP contribution in [0.1, 0.15) is 52.9 Å².